The second-order valence-corrected chi connectivity index (χ2v) is 10.2. The van der Waals surface area contributed by atoms with Crippen LogP contribution >= 0.6 is 0 Å². The molecular weight excluding hydrogens is 390 g/mol. The molecule has 156 valence electrons. The van der Waals surface area contributed by atoms with Crippen LogP contribution in [0.15, 0.2) is 70.3 Å². The normalized spacial score (nSPS) is 39.1. The maximum Gasteiger partial charge on any atom is 0.347 e. The summed E-state index contributed by atoms with van der Waals surface area (Å²) in [6, 6.07) is 21.1. The molecule has 4 aliphatic carbocycles. The minimum atomic E-state index is -0.155. The zero-order chi connectivity index (χ0) is 20.6. The average Bonchev–Trinajstić information content (AvgIpc) is 3.61. The van der Waals surface area contributed by atoms with Gasteiger partial charge in [0.15, 0.2) is 0 Å². The Balaban J connectivity index is 1.19. The Morgan fingerprint density at radius 3 is 2.10 bits per heavy atom. The molecule has 8 atom stereocenters. The molecule has 2 aromatic carbocycles. The molecule has 4 fully saturated rings. The summed E-state index contributed by atoms with van der Waals surface area (Å²) in [5.41, 5.74) is 2.02. The van der Waals surface area contributed by atoms with E-state index in [-0.39, 0.29) is 35.0 Å². The predicted octanol–water partition coefficient (Wildman–Crippen LogP) is 2.37. The van der Waals surface area contributed by atoms with Crippen LogP contribution < -0.4 is 11.4 Å². The Hall–Kier alpha value is -2.86. The first-order chi connectivity index (χ1) is 15.2. The zero-order valence-corrected chi connectivity index (χ0v) is 17.2. The highest BCUT2D eigenvalue weighted by Gasteiger charge is 2.97. The van der Waals surface area contributed by atoms with Crippen molar-refractivity contribution in [2.24, 2.45) is 42.1 Å². The molecule has 3 aromatic rings. The largest absolute Gasteiger partial charge is 0.368 e. The Labute approximate surface area is 178 Å². The van der Waals surface area contributed by atoms with Gasteiger partial charge in [0.05, 0.1) is 18.7 Å². The summed E-state index contributed by atoms with van der Waals surface area (Å²) in [6.45, 7) is 0.646. The zero-order valence-electron chi connectivity index (χ0n) is 17.2. The summed E-state index contributed by atoms with van der Waals surface area (Å²) in [5.74, 6) is 2.97. The van der Waals surface area contributed by atoms with Gasteiger partial charge >= 0.3 is 11.4 Å². The van der Waals surface area contributed by atoms with Crippen molar-refractivity contribution >= 4 is 0 Å². The van der Waals surface area contributed by atoms with Gasteiger partial charge in [0, 0.05) is 12.5 Å². The third kappa shape index (κ3) is 1.68. The molecule has 0 unspecified atom stereocenters. The van der Waals surface area contributed by atoms with Crippen LogP contribution in [0.2, 0.25) is 0 Å². The fourth-order valence-corrected chi connectivity index (χ4v) is 8.33. The van der Waals surface area contributed by atoms with Crippen molar-refractivity contribution in [3.8, 4) is 0 Å². The maximum absolute atomic E-state index is 12.9. The number of hydrogen-bond donors (Lipinski definition) is 0. The van der Waals surface area contributed by atoms with E-state index in [1.807, 2.05) is 21.5 Å². The molecule has 9 rings (SSSR count). The molecule has 6 nitrogen and oxygen atoms in total. The van der Waals surface area contributed by atoms with Gasteiger partial charge in [0.25, 0.3) is 0 Å². The number of ether oxygens (including phenoxy) is 1. The van der Waals surface area contributed by atoms with Gasteiger partial charge in [-0.15, -0.1) is 0 Å². The van der Waals surface area contributed by atoms with Crippen LogP contribution in [0.4, 0.5) is 0 Å². The Kier molecular flexibility index (Phi) is 2.78. The number of benzene rings is 2. The van der Waals surface area contributed by atoms with Gasteiger partial charge < -0.3 is 4.74 Å². The van der Waals surface area contributed by atoms with Crippen molar-refractivity contribution in [2.75, 3.05) is 6.61 Å². The molecule has 0 amide bonds. The Morgan fingerprint density at radius 2 is 1.45 bits per heavy atom. The SMILES string of the molecule is Cn1c(=O)n2n(c1=O)[C@H]1[C@@H]3[C@@H]4[C@@H]3[C@@H]3[C@@H]([C@@H]42)[C@]31COC(c1ccccc1)c1ccccc1. The third-order valence-corrected chi connectivity index (χ3v) is 9.25. The summed E-state index contributed by atoms with van der Waals surface area (Å²) < 4.78 is 11.7. The molecule has 6 aliphatic rings. The van der Waals surface area contributed by atoms with Crippen LogP contribution in [0.3, 0.4) is 0 Å². The monoisotopic (exact) mass is 413 g/mol. The molecule has 2 aliphatic heterocycles. The Bertz CT molecular complexity index is 1320. The Morgan fingerprint density at radius 1 is 0.839 bits per heavy atom. The molecule has 31 heavy (non-hydrogen) atoms. The van der Waals surface area contributed by atoms with Crippen LogP contribution in [-0.2, 0) is 11.8 Å². The quantitative estimate of drug-likeness (QED) is 0.645. The standard InChI is InChI=1S/C25H23N3O3/c1-26-23(29)27-20-16-15-17(16)22(28(27)24(26)30)25(18(15)19(20)25)12-31-21(13-8-4-2-5-9-13)14-10-6-3-7-11-14/h2-11,15-22H,12H2,1H3/t15-,16-,17-,18+,19-,20+,22-,25-/m0/s1. The minimum absolute atomic E-state index is 0.0220. The van der Waals surface area contributed by atoms with E-state index in [0.717, 1.165) is 11.1 Å². The first kappa shape index (κ1) is 16.8. The van der Waals surface area contributed by atoms with E-state index in [9.17, 15) is 9.59 Å². The third-order valence-electron chi connectivity index (χ3n) is 9.25. The summed E-state index contributed by atoms with van der Waals surface area (Å²) in [4.78, 5) is 25.7. The van der Waals surface area contributed by atoms with E-state index in [0.29, 0.717) is 36.2 Å². The molecule has 0 saturated heterocycles. The van der Waals surface area contributed by atoms with Crippen LogP contribution in [0.5, 0.6) is 0 Å². The summed E-state index contributed by atoms with van der Waals surface area (Å²) in [6.07, 6.45) is -0.126. The fraction of sp³-hybridized carbons (Fsp3) is 0.440. The van der Waals surface area contributed by atoms with Gasteiger partial charge in [-0.3, -0.25) is 0 Å². The first-order valence-electron chi connectivity index (χ1n) is 11.3. The molecule has 3 heterocycles. The van der Waals surface area contributed by atoms with E-state index >= 15 is 0 Å². The van der Waals surface area contributed by atoms with Gasteiger partial charge in [-0.1, -0.05) is 60.7 Å². The van der Waals surface area contributed by atoms with Crippen LogP contribution in [-0.4, -0.2) is 20.5 Å². The summed E-state index contributed by atoms with van der Waals surface area (Å²) in [5, 5.41) is 0. The topological polar surface area (TPSA) is 58.2 Å². The lowest BCUT2D eigenvalue weighted by atomic mass is 9.79. The number of hydrogen-bond acceptors (Lipinski definition) is 3. The first-order valence-corrected chi connectivity index (χ1v) is 11.3. The second-order valence-electron chi connectivity index (χ2n) is 10.2. The average molecular weight is 413 g/mol. The van der Waals surface area contributed by atoms with E-state index in [1.54, 1.807) is 7.05 Å². The van der Waals surface area contributed by atoms with Crippen LogP contribution in [0.25, 0.3) is 0 Å². The molecule has 0 spiro atoms. The van der Waals surface area contributed by atoms with Crippen LogP contribution in [0.1, 0.15) is 29.3 Å². The van der Waals surface area contributed by atoms with E-state index in [2.05, 4.69) is 48.5 Å². The molecule has 0 N–H and O–H groups in total. The molecule has 4 saturated carbocycles. The molecule has 2 bridgehead atoms. The molecule has 6 heteroatoms. The van der Waals surface area contributed by atoms with Gasteiger partial charge in [-0.25, -0.2) is 23.5 Å². The van der Waals surface area contributed by atoms with Gasteiger partial charge in [-0.05, 0) is 40.7 Å². The summed E-state index contributed by atoms with van der Waals surface area (Å²) in [7, 11) is 1.61. The van der Waals surface area contributed by atoms with Crippen molar-refractivity contribution in [1.82, 2.24) is 13.9 Å². The van der Waals surface area contributed by atoms with Gasteiger partial charge in [0.2, 0.25) is 0 Å². The van der Waals surface area contributed by atoms with Crippen molar-refractivity contribution < 1.29 is 4.74 Å². The van der Waals surface area contributed by atoms with Crippen LogP contribution in [0, 0.1) is 35.0 Å². The highest BCUT2D eigenvalue weighted by molar-refractivity contribution is 5.43. The summed E-state index contributed by atoms with van der Waals surface area (Å²) >= 11 is 0. The number of aromatic nitrogens is 3. The molecule has 1 aromatic heterocycles. The van der Waals surface area contributed by atoms with E-state index in [4.69, 9.17) is 4.74 Å². The smallest absolute Gasteiger partial charge is 0.347 e. The lowest BCUT2D eigenvalue weighted by molar-refractivity contribution is -0.0312. The van der Waals surface area contributed by atoms with Gasteiger partial charge in [-0.2, -0.15) is 0 Å². The minimum Gasteiger partial charge on any atom is -0.368 e. The van der Waals surface area contributed by atoms with Crippen molar-refractivity contribution in [3.63, 3.8) is 0 Å². The van der Waals surface area contributed by atoms with Crippen molar-refractivity contribution in [3.05, 3.63) is 92.8 Å². The maximum atomic E-state index is 12.9. The van der Waals surface area contributed by atoms with Gasteiger partial charge in [0.1, 0.15) is 6.10 Å². The van der Waals surface area contributed by atoms with E-state index in [1.165, 1.54) is 4.57 Å². The molecule has 0 radical (unpaired) electrons. The lowest BCUT2D eigenvalue weighted by Gasteiger charge is -2.43. The lowest BCUT2D eigenvalue weighted by Crippen LogP contribution is -2.50. The number of nitrogens with zero attached hydrogens (tertiary/aromatic N) is 3. The van der Waals surface area contributed by atoms with E-state index < -0.39 is 0 Å². The highest BCUT2D eigenvalue weighted by atomic mass is 16.5. The second kappa shape index (κ2) is 5.13. The van der Waals surface area contributed by atoms with Crippen molar-refractivity contribution in [2.45, 2.75) is 18.2 Å². The fourth-order valence-electron chi connectivity index (χ4n) is 8.33. The molecular formula is C25H23N3O3. The number of rotatable bonds is 5. The van der Waals surface area contributed by atoms with Crippen molar-refractivity contribution in [1.29, 1.82) is 0 Å². The highest BCUT2D eigenvalue weighted by Crippen LogP contribution is 2.97. The predicted molar refractivity (Wildman–Crippen MR) is 113 cm³/mol.